The van der Waals surface area contributed by atoms with Gasteiger partial charge in [0.1, 0.15) is 0 Å². The van der Waals surface area contributed by atoms with Crippen molar-refractivity contribution in [2.45, 2.75) is 19.8 Å². The van der Waals surface area contributed by atoms with E-state index >= 15 is 0 Å². The molecule has 6 heteroatoms. The lowest BCUT2D eigenvalue weighted by Crippen LogP contribution is -2.24. The molecule has 3 N–H and O–H groups in total. The maximum absolute atomic E-state index is 11.8. The van der Waals surface area contributed by atoms with Crippen molar-refractivity contribution >= 4 is 23.5 Å². The molecule has 0 spiro atoms. The summed E-state index contributed by atoms with van der Waals surface area (Å²) in [6, 6.07) is 6.36. The molecule has 21 heavy (non-hydrogen) atoms. The fraction of sp³-hybridized carbons (Fsp3) is 0.267. The van der Waals surface area contributed by atoms with Crippen molar-refractivity contribution in [2.75, 3.05) is 11.9 Å². The smallest absolute Gasteiger partial charge is 0.328 e. The second-order valence-electron chi connectivity index (χ2n) is 4.35. The second-order valence-corrected chi connectivity index (χ2v) is 4.35. The van der Waals surface area contributed by atoms with E-state index in [4.69, 9.17) is 5.11 Å². The number of amides is 2. The van der Waals surface area contributed by atoms with E-state index in [1.54, 1.807) is 24.3 Å². The van der Waals surface area contributed by atoms with Crippen molar-refractivity contribution in [3.63, 3.8) is 0 Å². The minimum Gasteiger partial charge on any atom is -0.478 e. The van der Waals surface area contributed by atoms with Crippen molar-refractivity contribution in [1.29, 1.82) is 0 Å². The number of carbonyl (C=O) groups excluding carboxylic acids is 2. The summed E-state index contributed by atoms with van der Waals surface area (Å²) >= 11 is 0. The molecule has 0 saturated heterocycles. The summed E-state index contributed by atoms with van der Waals surface area (Å²) in [7, 11) is 0. The highest BCUT2D eigenvalue weighted by atomic mass is 16.4. The van der Waals surface area contributed by atoms with Gasteiger partial charge in [-0.25, -0.2) is 4.79 Å². The third-order valence-electron chi connectivity index (χ3n) is 2.61. The third kappa shape index (κ3) is 6.38. The summed E-state index contributed by atoms with van der Waals surface area (Å²) in [5.74, 6) is -1.89. The number of carboxylic acids is 1. The maximum Gasteiger partial charge on any atom is 0.328 e. The molecule has 1 rings (SSSR count). The second kappa shape index (κ2) is 8.52. The number of unbranched alkanes of at least 4 members (excludes halogenated alkanes) is 1. The first-order valence-corrected chi connectivity index (χ1v) is 6.63. The Morgan fingerprint density at radius 3 is 2.38 bits per heavy atom. The Bertz CT molecular complexity index is 535. The third-order valence-corrected chi connectivity index (χ3v) is 2.61. The van der Waals surface area contributed by atoms with Gasteiger partial charge in [-0.2, -0.15) is 0 Å². The average Bonchev–Trinajstić information content (AvgIpc) is 2.46. The van der Waals surface area contributed by atoms with E-state index < -0.39 is 11.9 Å². The van der Waals surface area contributed by atoms with Gasteiger partial charge in [0.25, 0.3) is 5.91 Å². The summed E-state index contributed by atoms with van der Waals surface area (Å²) in [5, 5.41) is 13.7. The van der Waals surface area contributed by atoms with Crippen molar-refractivity contribution in [1.82, 2.24) is 5.32 Å². The summed E-state index contributed by atoms with van der Waals surface area (Å²) < 4.78 is 0. The minimum atomic E-state index is -1.19. The molecule has 0 aliphatic carbocycles. The van der Waals surface area contributed by atoms with Crippen LogP contribution in [0.25, 0.3) is 0 Å². The number of carboxylic acid groups (broad SMARTS) is 1. The standard InChI is InChI=1S/C15H18N2O4/c1-2-3-10-16-15(21)11-4-6-12(7-5-11)17-13(18)8-9-14(19)20/h4-9H,2-3,10H2,1H3,(H,16,21)(H,17,18)(H,19,20). The zero-order valence-electron chi connectivity index (χ0n) is 11.8. The van der Waals surface area contributed by atoms with Gasteiger partial charge in [-0.3, -0.25) is 9.59 Å². The van der Waals surface area contributed by atoms with Crippen LogP contribution in [0.4, 0.5) is 5.69 Å². The number of carbonyl (C=O) groups is 3. The van der Waals surface area contributed by atoms with Gasteiger partial charge in [-0.15, -0.1) is 0 Å². The van der Waals surface area contributed by atoms with Crippen LogP contribution in [-0.2, 0) is 9.59 Å². The SMILES string of the molecule is CCCCNC(=O)c1ccc(NC(=O)C=CC(=O)O)cc1. The molecule has 6 nitrogen and oxygen atoms in total. The summed E-state index contributed by atoms with van der Waals surface area (Å²) in [6.07, 6.45) is 3.61. The fourth-order valence-corrected chi connectivity index (χ4v) is 1.52. The van der Waals surface area contributed by atoms with Crippen molar-refractivity contribution in [3.05, 3.63) is 42.0 Å². The summed E-state index contributed by atoms with van der Waals surface area (Å²) in [4.78, 5) is 33.4. The zero-order valence-corrected chi connectivity index (χ0v) is 11.8. The van der Waals surface area contributed by atoms with E-state index in [2.05, 4.69) is 10.6 Å². The molecule has 112 valence electrons. The first-order chi connectivity index (χ1) is 10.0. The number of nitrogens with one attached hydrogen (secondary N) is 2. The van der Waals surface area contributed by atoms with Gasteiger partial charge in [0.2, 0.25) is 5.91 Å². The molecule has 0 fully saturated rings. The van der Waals surface area contributed by atoms with Crippen LogP contribution < -0.4 is 10.6 Å². The van der Waals surface area contributed by atoms with Crippen LogP contribution in [0.3, 0.4) is 0 Å². The van der Waals surface area contributed by atoms with E-state index in [1.165, 1.54) is 0 Å². The molecule has 1 aromatic carbocycles. The van der Waals surface area contributed by atoms with Crippen molar-refractivity contribution in [3.8, 4) is 0 Å². The molecule has 0 bridgehead atoms. The Hall–Kier alpha value is -2.63. The Balaban J connectivity index is 2.55. The fourth-order valence-electron chi connectivity index (χ4n) is 1.52. The monoisotopic (exact) mass is 290 g/mol. The van der Waals surface area contributed by atoms with Gasteiger partial charge in [-0.1, -0.05) is 13.3 Å². The van der Waals surface area contributed by atoms with Gasteiger partial charge >= 0.3 is 5.97 Å². The van der Waals surface area contributed by atoms with Crippen LogP contribution in [0.2, 0.25) is 0 Å². The van der Waals surface area contributed by atoms with E-state index in [0.29, 0.717) is 17.8 Å². The topological polar surface area (TPSA) is 95.5 Å². The Labute approximate surface area is 122 Å². The van der Waals surface area contributed by atoms with Crippen molar-refractivity contribution in [2.24, 2.45) is 0 Å². The lowest BCUT2D eigenvalue weighted by atomic mass is 10.2. The van der Waals surface area contributed by atoms with Crippen LogP contribution in [0.15, 0.2) is 36.4 Å². The molecule has 0 atom stereocenters. The Morgan fingerprint density at radius 1 is 1.14 bits per heavy atom. The minimum absolute atomic E-state index is 0.160. The highest BCUT2D eigenvalue weighted by Gasteiger charge is 2.05. The molecular weight excluding hydrogens is 272 g/mol. The van der Waals surface area contributed by atoms with Gasteiger partial charge in [-0.05, 0) is 30.7 Å². The van der Waals surface area contributed by atoms with Crippen molar-refractivity contribution < 1.29 is 19.5 Å². The molecule has 0 radical (unpaired) electrons. The van der Waals surface area contributed by atoms with Gasteiger partial charge < -0.3 is 15.7 Å². The largest absolute Gasteiger partial charge is 0.478 e. The molecule has 1 aromatic rings. The maximum atomic E-state index is 11.8. The Kier molecular flexibility index (Phi) is 6.67. The summed E-state index contributed by atoms with van der Waals surface area (Å²) in [5.41, 5.74) is 0.991. The molecule has 2 amide bonds. The van der Waals surface area contributed by atoms with Crippen LogP contribution in [0.1, 0.15) is 30.1 Å². The van der Waals surface area contributed by atoms with E-state index in [0.717, 1.165) is 25.0 Å². The number of hydrogen-bond acceptors (Lipinski definition) is 3. The first-order valence-electron chi connectivity index (χ1n) is 6.63. The molecule has 0 aliphatic rings. The Morgan fingerprint density at radius 2 is 1.81 bits per heavy atom. The number of anilines is 1. The molecule has 0 aromatic heterocycles. The lowest BCUT2D eigenvalue weighted by molar-refractivity contribution is -0.131. The van der Waals surface area contributed by atoms with Crippen LogP contribution in [-0.4, -0.2) is 29.4 Å². The molecule has 0 aliphatic heterocycles. The van der Waals surface area contributed by atoms with E-state index in [-0.39, 0.29) is 5.91 Å². The normalized spacial score (nSPS) is 10.3. The van der Waals surface area contributed by atoms with Gasteiger partial charge in [0.05, 0.1) is 0 Å². The van der Waals surface area contributed by atoms with Crippen LogP contribution >= 0.6 is 0 Å². The number of aliphatic carboxylic acids is 1. The molecule has 0 saturated carbocycles. The lowest BCUT2D eigenvalue weighted by Gasteiger charge is -2.06. The summed E-state index contributed by atoms with van der Waals surface area (Å²) in [6.45, 7) is 2.68. The molecule has 0 unspecified atom stereocenters. The van der Waals surface area contributed by atoms with Crippen LogP contribution in [0.5, 0.6) is 0 Å². The first kappa shape index (κ1) is 16.4. The van der Waals surface area contributed by atoms with Crippen LogP contribution in [0, 0.1) is 0 Å². The van der Waals surface area contributed by atoms with Gasteiger partial charge in [0.15, 0.2) is 0 Å². The zero-order chi connectivity index (χ0) is 15.7. The number of hydrogen-bond donors (Lipinski definition) is 3. The highest BCUT2D eigenvalue weighted by Crippen LogP contribution is 2.09. The predicted molar refractivity (Wildman–Crippen MR) is 79.1 cm³/mol. The number of benzene rings is 1. The predicted octanol–water partition coefficient (Wildman–Crippen LogP) is 1.80. The average molecular weight is 290 g/mol. The highest BCUT2D eigenvalue weighted by molar-refractivity contribution is 6.02. The van der Waals surface area contributed by atoms with E-state index in [9.17, 15) is 14.4 Å². The molecule has 0 heterocycles. The van der Waals surface area contributed by atoms with E-state index in [1.807, 2.05) is 6.92 Å². The quantitative estimate of drug-likeness (QED) is 0.527. The molecular formula is C15H18N2O4. The number of rotatable bonds is 7. The van der Waals surface area contributed by atoms with Gasteiger partial charge in [0, 0.05) is 29.9 Å².